The van der Waals surface area contributed by atoms with E-state index < -0.39 is 17.7 Å². The number of carboxylic acid groups (broad SMARTS) is 1. The minimum atomic E-state index is -4.39. The molecule has 7 nitrogen and oxygen atoms in total. The zero-order valence-electron chi connectivity index (χ0n) is 19.0. The summed E-state index contributed by atoms with van der Waals surface area (Å²) >= 11 is 0. The van der Waals surface area contributed by atoms with E-state index in [2.05, 4.69) is 20.6 Å². The Morgan fingerprint density at radius 2 is 1.69 bits per heavy atom. The number of carbonyl (C=O) groups excluding carboxylic acids is 1. The predicted octanol–water partition coefficient (Wildman–Crippen LogP) is 5.32. The van der Waals surface area contributed by atoms with Gasteiger partial charge in [0.15, 0.2) is 0 Å². The second-order valence-corrected chi connectivity index (χ2v) is 7.87. The first-order valence-corrected chi connectivity index (χ1v) is 11.0. The molecule has 35 heavy (non-hydrogen) atoms. The standard InChI is InChI=1S/C25H25F3N4O3/c1-2-3-20(16-4-6-18(7-5-16)24(35)29-13-12-23(33)34)32-22-15-30-21(14-31-22)17-8-10-19(11-9-17)25(26,27)28/h4-11,14-15,20H,2-3,12-13H2,1H3,(H,29,35)(H,31,32)(H,33,34)/t20-/m0/s1. The second kappa shape index (κ2) is 11.5. The summed E-state index contributed by atoms with van der Waals surface area (Å²) in [4.78, 5) is 31.4. The van der Waals surface area contributed by atoms with Crippen molar-refractivity contribution in [1.82, 2.24) is 15.3 Å². The molecule has 0 saturated carbocycles. The molecule has 3 rings (SSSR count). The van der Waals surface area contributed by atoms with E-state index in [1.54, 1.807) is 12.1 Å². The molecule has 1 atom stereocenters. The van der Waals surface area contributed by atoms with Gasteiger partial charge in [-0.1, -0.05) is 37.6 Å². The van der Waals surface area contributed by atoms with Gasteiger partial charge in [0.1, 0.15) is 5.82 Å². The normalized spacial score (nSPS) is 12.1. The van der Waals surface area contributed by atoms with Crippen LogP contribution in [-0.4, -0.2) is 33.5 Å². The SMILES string of the molecule is CCC[C@H](Nc1cnc(-c2ccc(C(F)(F)F)cc2)cn1)c1ccc(C(=O)NCCC(=O)O)cc1. The molecule has 0 aliphatic rings. The molecular formula is C25H25F3N4O3. The Morgan fingerprint density at radius 3 is 2.23 bits per heavy atom. The minimum absolute atomic E-state index is 0.0526. The maximum Gasteiger partial charge on any atom is 0.416 e. The first-order chi connectivity index (χ1) is 16.7. The molecule has 0 bridgehead atoms. The number of nitrogens with zero attached hydrogens (tertiary/aromatic N) is 2. The number of alkyl halides is 3. The van der Waals surface area contributed by atoms with Crippen LogP contribution in [0.3, 0.4) is 0 Å². The fourth-order valence-electron chi connectivity index (χ4n) is 3.42. The Hall–Kier alpha value is -3.95. The third-order valence-electron chi connectivity index (χ3n) is 5.26. The van der Waals surface area contributed by atoms with Gasteiger partial charge >= 0.3 is 12.1 Å². The maximum atomic E-state index is 12.8. The lowest BCUT2D eigenvalue weighted by Gasteiger charge is -2.19. The Bertz CT molecular complexity index is 1130. The molecule has 1 aromatic heterocycles. The largest absolute Gasteiger partial charge is 0.481 e. The van der Waals surface area contributed by atoms with Gasteiger partial charge in [-0.25, -0.2) is 4.98 Å². The van der Waals surface area contributed by atoms with Crippen molar-refractivity contribution in [3.8, 4) is 11.3 Å². The molecule has 0 aliphatic carbocycles. The van der Waals surface area contributed by atoms with Crippen molar-refractivity contribution in [1.29, 1.82) is 0 Å². The Balaban J connectivity index is 1.67. The summed E-state index contributed by atoms with van der Waals surface area (Å²) in [5.41, 5.74) is 1.62. The number of aromatic nitrogens is 2. The van der Waals surface area contributed by atoms with Crippen LogP contribution in [0.1, 0.15) is 53.7 Å². The van der Waals surface area contributed by atoms with Crippen LogP contribution in [0.2, 0.25) is 0 Å². The number of hydrogen-bond acceptors (Lipinski definition) is 5. The van der Waals surface area contributed by atoms with Gasteiger partial charge in [0.25, 0.3) is 5.91 Å². The van der Waals surface area contributed by atoms with Gasteiger partial charge in [0.05, 0.1) is 36.1 Å². The monoisotopic (exact) mass is 486 g/mol. The molecule has 2 aromatic carbocycles. The average Bonchev–Trinajstić information content (AvgIpc) is 2.83. The lowest BCUT2D eigenvalue weighted by atomic mass is 10.0. The van der Waals surface area contributed by atoms with Gasteiger partial charge in [-0.3, -0.25) is 14.6 Å². The molecule has 3 N–H and O–H groups in total. The van der Waals surface area contributed by atoms with E-state index in [0.717, 1.165) is 30.5 Å². The van der Waals surface area contributed by atoms with Crippen LogP contribution in [0.4, 0.5) is 19.0 Å². The zero-order chi connectivity index (χ0) is 25.4. The number of halogens is 3. The van der Waals surface area contributed by atoms with E-state index in [9.17, 15) is 22.8 Å². The van der Waals surface area contributed by atoms with Gasteiger partial charge in [-0.15, -0.1) is 0 Å². The predicted molar refractivity (Wildman–Crippen MR) is 125 cm³/mol. The summed E-state index contributed by atoms with van der Waals surface area (Å²) < 4.78 is 38.3. The molecule has 0 saturated heterocycles. The smallest absolute Gasteiger partial charge is 0.416 e. The van der Waals surface area contributed by atoms with Crippen LogP contribution in [0.15, 0.2) is 60.9 Å². The average molecular weight is 486 g/mol. The number of benzene rings is 2. The number of rotatable bonds is 10. The number of amides is 1. The highest BCUT2D eigenvalue weighted by atomic mass is 19.4. The lowest BCUT2D eigenvalue weighted by Crippen LogP contribution is -2.26. The van der Waals surface area contributed by atoms with E-state index in [0.29, 0.717) is 22.6 Å². The Labute approximate surface area is 200 Å². The molecule has 0 fully saturated rings. The summed E-state index contributed by atoms with van der Waals surface area (Å²) in [6.45, 7) is 2.09. The second-order valence-electron chi connectivity index (χ2n) is 7.87. The molecule has 184 valence electrons. The summed E-state index contributed by atoms with van der Waals surface area (Å²) in [6, 6.07) is 11.6. The highest BCUT2D eigenvalue weighted by Gasteiger charge is 2.30. The molecule has 1 amide bonds. The molecule has 3 aromatic rings. The van der Waals surface area contributed by atoms with E-state index in [4.69, 9.17) is 5.11 Å². The topological polar surface area (TPSA) is 104 Å². The highest BCUT2D eigenvalue weighted by Crippen LogP contribution is 2.31. The van der Waals surface area contributed by atoms with Crippen LogP contribution < -0.4 is 10.6 Å². The van der Waals surface area contributed by atoms with Crippen LogP contribution in [0.25, 0.3) is 11.3 Å². The van der Waals surface area contributed by atoms with Crippen molar-refractivity contribution in [2.24, 2.45) is 0 Å². The Kier molecular flexibility index (Phi) is 8.40. The third-order valence-corrected chi connectivity index (χ3v) is 5.26. The number of hydrogen-bond donors (Lipinski definition) is 3. The first-order valence-electron chi connectivity index (χ1n) is 11.0. The highest BCUT2D eigenvalue weighted by molar-refractivity contribution is 5.94. The van der Waals surface area contributed by atoms with Gasteiger partial charge in [0.2, 0.25) is 0 Å². The molecule has 0 spiro atoms. The van der Waals surface area contributed by atoms with E-state index in [1.165, 1.54) is 24.5 Å². The Morgan fingerprint density at radius 1 is 1.00 bits per heavy atom. The summed E-state index contributed by atoms with van der Waals surface area (Å²) in [5.74, 6) is -0.818. The van der Waals surface area contributed by atoms with Gasteiger partial charge in [-0.05, 0) is 36.2 Å². The van der Waals surface area contributed by atoms with Crippen molar-refractivity contribution in [3.05, 3.63) is 77.6 Å². The van der Waals surface area contributed by atoms with Crippen LogP contribution >= 0.6 is 0 Å². The van der Waals surface area contributed by atoms with Crippen molar-refractivity contribution in [2.75, 3.05) is 11.9 Å². The maximum absolute atomic E-state index is 12.8. The summed E-state index contributed by atoms with van der Waals surface area (Å²) in [5, 5.41) is 14.5. The van der Waals surface area contributed by atoms with Crippen molar-refractivity contribution in [3.63, 3.8) is 0 Å². The molecule has 1 heterocycles. The molecule has 10 heteroatoms. The fourth-order valence-corrected chi connectivity index (χ4v) is 3.42. The molecule has 0 aliphatic heterocycles. The molecule has 0 unspecified atom stereocenters. The molecule has 0 radical (unpaired) electrons. The van der Waals surface area contributed by atoms with E-state index >= 15 is 0 Å². The minimum Gasteiger partial charge on any atom is -0.481 e. The van der Waals surface area contributed by atoms with E-state index in [-0.39, 0.29) is 24.9 Å². The number of carbonyl (C=O) groups is 2. The van der Waals surface area contributed by atoms with Crippen LogP contribution in [0.5, 0.6) is 0 Å². The lowest BCUT2D eigenvalue weighted by molar-refractivity contribution is -0.138. The zero-order valence-corrected chi connectivity index (χ0v) is 19.0. The first kappa shape index (κ1) is 25.7. The van der Waals surface area contributed by atoms with Gasteiger partial charge in [0, 0.05) is 17.7 Å². The van der Waals surface area contributed by atoms with Crippen molar-refractivity contribution < 1.29 is 27.9 Å². The van der Waals surface area contributed by atoms with Crippen LogP contribution in [-0.2, 0) is 11.0 Å². The summed E-state index contributed by atoms with van der Waals surface area (Å²) in [7, 11) is 0. The third kappa shape index (κ3) is 7.26. The number of aliphatic carboxylic acids is 1. The fraction of sp³-hybridized carbons (Fsp3) is 0.280. The van der Waals surface area contributed by atoms with Crippen molar-refractivity contribution >= 4 is 17.7 Å². The van der Waals surface area contributed by atoms with E-state index in [1.807, 2.05) is 19.1 Å². The number of nitrogens with one attached hydrogen (secondary N) is 2. The van der Waals surface area contributed by atoms with Gasteiger partial charge in [-0.2, -0.15) is 13.2 Å². The number of anilines is 1. The summed E-state index contributed by atoms with van der Waals surface area (Å²) in [6.07, 6.45) is 0.150. The quantitative estimate of drug-likeness (QED) is 0.358. The van der Waals surface area contributed by atoms with Crippen LogP contribution in [0, 0.1) is 0 Å². The van der Waals surface area contributed by atoms with Gasteiger partial charge < -0.3 is 15.7 Å². The van der Waals surface area contributed by atoms with Crippen molar-refractivity contribution in [2.45, 2.75) is 38.4 Å². The molecular weight excluding hydrogens is 461 g/mol. The number of carboxylic acids is 1.